The molecular weight excluding hydrogens is 324 g/mol. The van der Waals surface area contributed by atoms with Crippen LogP contribution in [0.25, 0.3) is 0 Å². The van der Waals surface area contributed by atoms with Crippen molar-refractivity contribution in [3.05, 3.63) is 0 Å². The van der Waals surface area contributed by atoms with Gasteiger partial charge in [0.05, 0.1) is 5.41 Å². The van der Waals surface area contributed by atoms with Crippen molar-refractivity contribution in [3.63, 3.8) is 0 Å². The van der Waals surface area contributed by atoms with Gasteiger partial charge in [-0.1, -0.05) is 0 Å². The largest absolute Gasteiger partial charge is 0.338 e. The predicted octanol–water partition coefficient (Wildman–Crippen LogP) is 3.59. The summed E-state index contributed by atoms with van der Waals surface area (Å²) in [6.07, 6.45) is 12.7. The first kappa shape index (κ1) is 17.1. The molecule has 2 atom stereocenters. The third-order valence-corrected chi connectivity index (χ3v) is 8.38. The van der Waals surface area contributed by atoms with Crippen molar-refractivity contribution in [1.29, 1.82) is 0 Å². The molecule has 4 heteroatoms. The molecule has 0 N–H and O–H groups in total. The van der Waals surface area contributed by atoms with Crippen molar-refractivity contribution in [2.45, 2.75) is 89.6 Å². The number of carbonyl (C=O) groups excluding carboxylic acids is 2. The van der Waals surface area contributed by atoms with E-state index in [-0.39, 0.29) is 17.4 Å². The van der Waals surface area contributed by atoms with E-state index in [2.05, 4.69) is 11.8 Å². The second-order valence-corrected chi connectivity index (χ2v) is 10.2. The van der Waals surface area contributed by atoms with Crippen LogP contribution in [0.4, 0.5) is 0 Å². The SMILES string of the molecule is CC1CCCCN1C(=O)C1CCCN1C(=O)C12CC3CC(CC(C3)C1)C2. The molecule has 0 aromatic carbocycles. The molecule has 0 aromatic heterocycles. The van der Waals surface area contributed by atoms with Crippen LogP contribution in [-0.2, 0) is 9.59 Å². The number of amides is 2. The summed E-state index contributed by atoms with van der Waals surface area (Å²) in [5.74, 6) is 2.95. The molecule has 2 heterocycles. The maximum absolute atomic E-state index is 13.7. The minimum atomic E-state index is -0.170. The van der Waals surface area contributed by atoms with Crippen LogP contribution in [-0.4, -0.2) is 46.8 Å². The van der Waals surface area contributed by atoms with Crippen LogP contribution < -0.4 is 0 Å². The first-order valence-corrected chi connectivity index (χ1v) is 11.2. The Labute approximate surface area is 157 Å². The molecular formula is C22H34N2O2. The molecule has 26 heavy (non-hydrogen) atoms. The van der Waals surface area contributed by atoms with Crippen molar-refractivity contribution in [2.75, 3.05) is 13.1 Å². The van der Waals surface area contributed by atoms with E-state index in [0.29, 0.717) is 11.9 Å². The molecule has 2 amide bonds. The second kappa shape index (κ2) is 6.24. The molecule has 0 aromatic rings. The van der Waals surface area contributed by atoms with Gasteiger partial charge in [0.25, 0.3) is 0 Å². The Balaban J connectivity index is 1.35. The van der Waals surface area contributed by atoms with E-state index in [1.54, 1.807) is 0 Å². The summed E-state index contributed by atoms with van der Waals surface area (Å²) < 4.78 is 0. The molecule has 4 nitrogen and oxygen atoms in total. The first-order chi connectivity index (χ1) is 12.6. The lowest BCUT2D eigenvalue weighted by atomic mass is 9.49. The molecule has 0 spiro atoms. The highest BCUT2D eigenvalue weighted by Crippen LogP contribution is 2.60. The smallest absolute Gasteiger partial charge is 0.245 e. The Hall–Kier alpha value is -1.06. The summed E-state index contributed by atoms with van der Waals surface area (Å²) >= 11 is 0. The molecule has 4 saturated carbocycles. The van der Waals surface area contributed by atoms with E-state index < -0.39 is 0 Å². The van der Waals surface area contributed by atoms with E-state index >= 15 is 0 Å². The van der Waals surface area contributed by atoms with Gasteiger partial charge in [-0.2, -0.15) is 0 Å². The van der Waals surface area contributed by atoms with Crippen LogP contribution in [0.1, 0.15) is 77.6 Å². The summed E-state index contributed by atoms with van der Waals surface area (Å²) in [5, 5.41) is 0. The third kappa shape index (κ3) is 2.62. The highest BCUT2D eigenvalue weighted by atomic mass is 16.2. The van der Waals surface area contributed by atoms with Gasteiger partial charge < -0.3 is 9.80 Å². The number of rotatable bonds is 2. The Kier molecular flexibility index (Phi) is 4.09. The average Bonchev–Trinajstić information content (AvgIpc) is 3.09. The van der Waals surface area contributed by atoms with Crippen LogP contribution in [0.5, 0.6) is 0 Å². The quantitative estimate of drug-likeness (QED) is 0.757. The van der Waals surface area contributed by atoms with Gasteiger partial charge in [0, 0.05) is 19.1 Å². The summed E-state index contributed by atoms with van der Waals surface area (Å²) in [4.78, 5) is 31.1. The Morgan fingerprint density at radius 2 is 1.42 bits per heavy atom. The molecule has 0 radical (unpaired) electrons. The fourth-order valence-electron chi connectivity index (χ4n) is 7.56. The topological polar surface area (TPSA) is 40.6 Å². The molecule has 4 bridgehead atoms. The summed E-state index contributed by atoms with van der Waals surface area (Å²) in [7, 11) is 0. The minimum absolute atomic E-state index is 0.106. The maximum atomic E-state index is 13.7. The molecule has 6 rings (SSSR count). The minimum Gasteiger partial charge on any atom is -0.338 e. The maximum Gasteiger partial charge on any atom is 0.245 e. The third-order valence-electron chi connectivity index (χ3n) is 8.38. The van der Waals surface area contributed by atoms with Gasteiger partial charge in [0.2, 0.25) is 11.8 Å². The van der Waals surface area contributed by atoms with E-state index in [9.17, 15) is 9.59 Å². The Bertz CT molecular complexity index is 566. The number of carbonyl (C=O) groups is 2. The van der Waals surface area contributed by atoms with Crippen molar-refractivity contribution < 1.29 is 9.59 Å². The molecule has 144 valence electrons. The average molecular weight is 359 g/mol. The standard InChI is InChI=1S/C22H34N2O2/c1-15-5-2-3-7-23(15)20(25)19-6-4-8-24(19)21(26)22-12-16-9-17(13-22)11-18(10-16)14-22/h15-19H,2-14H2,1H3. The lowest BCUT2D eigenvalue weighted by Gasteiger charge is -2.56. The fraction of sp³-hybridized carbons (Fsp3) is 0.909. The van der Waals surface area contributed by atoms with Crippen molar-refractivity contribution in [2.24, 2.45) is 23.2 Å². The van der Waals surface area contributed by atoms with Gasteiger partial charge in [-0.3, -0.25) is 9.59 Å². The number of nitrogens with zero attached hydrogens (tertiary/aromatic N) is 2. The molecule has 2 aliphatic heterocycles. The molecule has 2 unspecified atom stereocenters. The van der Waals surface area contributed by atoms with Crippen molar-refractivity contribution in [3.8, 4) is 0 Å². The summed E-state index contributed by atoms with van der Waals surface area (Å²) in [5.41, 5.74) is -0.106. The summed E-state index contributed by atoms with van der Waals surface area (Å²) in [6, 6.07) is 0.171. The lowest BCUT2D eigenvalue weighted by Crippen LogP contribution is -2.58. The highest BCUT2D eigenvalue weighted by Gasteiger charge is 2.57. The number of piperidine rings is 1. The Morgan fingerprint density at radius 1 is 0.808 bits per heavy atom. The predicted molar refractivity (Wildman–Crippen MR) is 100 cm³/mol. The summed E-state index contributed by atoms with van der Waals surface area (Å²) in [6.45, 7) is 3.87. The van der Waals surface area contributed by atoms with Gasteiger partial charge in [0.15, 0.2) is 0 Å². The van der Waals surface area contributed by atoms with Crippen LogP contribution in [0.15, 0.2) is 0 Å². The fourth-order valence-corrected chi connectivity index (χ4v) is 7.56. The van der Waals surface area contributed by atoms with Crippen molar-refractivity contribution in [1.82, 2.24) is 9.80 Å². The van der Waals surface area contributed by atoms with E-state index in [4.69, 9.17) is 0 Å². The Morgan fingerprint density at radius 3 is 2.04 bits per heavy atom. The van der Waals surface area contributed by atoms with Crippen LogP contribution in [0.3, 0.4) is 0 Å². The lowest BCUT2D eigenvalue weighted by molar-refractivity contribution is -0.162. The monoisotopic (exact) mass is 358 g/mol. The van der Waals surface area contributed by atoms with Gasteiger partial charge in [-0.05, 0) is 95.3 Å². The number of hydrogen-bond donors (Lipinski definition) is 0. The first-order valence-electron chi connectivity index (χ1n) is 11.2. The van der Waals surface area contributed by atoms with Crippen molar-refractivity contribution >= 4 is 11.8 Å². The second-order valence-electron chi connectivity index (χ2n) is 10.2. The van der Waals surface area contributed by atoms with Crippen LogP contribution in [0, 0.1) is 23.2 Å². The van der Waals surface area contributed by atoms with Gasteiger partial charge in [-0.15, -0.1) is 0 Å². The zero-order chi connectivity index (χ0) is 17.9. The molecule has 2 saturated heterocycles. The molecule has 4 aliphatic carbocycles. The molecule has 6 fully saturated rings. The molecule has 6 aliphatic rings. The number of likely N-dealkylation sites (tertiary alicyclic amines) is 2. The van der Waals surface area contributed by atoms with Crippen LogP contribution >= 0.6 is 0 Å². The van der Waals surface area contributed by atoms with E-state index in [0.717, 1.165) is 75.8 Å². The zero-order valence-electron chi connectivity index (χ0n) is 16.3. The van der Waals surface area contributed by atoms with Gasteiger partial charge in [-0.25, -0.2) is 0 Å². The van der Waals surface area contributed by atoms with Gasteiger partial charge >= 0.3 is 0 Å². The number of hydrogen-bond acceptors (Lipinski definition) is 2. The van der Waals surface area contributed by atoms with Crippen LogP contribution in [0.2, 0.25) is 0 Å². The van der Waals surface area contributed by atoms with E-state index in [1.807, 2.05) is 4.90 Å². The van der Waals surface area contributed by atoms with E-state index in [1.165, 1.54) is 25.7 Å². The normalized spacial score (nSPS) is 44.6. The highest BCUT2D eigenvalue weighted by molar-refractivity contribution is 5.91. The van der Waals surface area contributed by atoms with Gasteiger partial charge in [0.1, 0.15) is 6.04 Å². The zero-order valence-corrected chi connectivity index (χ0v) is 16.3.